The van der Waals surface area contributed by atoms with Crippen molar-refractivity contribution in [2.45, 2.75) is 46.7 Å². The molecule has 0 aliphatic rings. The van der Waals surface area contributed by atoms with Crippen molar-refractivity contribution < 1.29 is 0 Å². The zero-order chi connectivity index (χ0) is 17.7. The van der Waals surface area contributed by atoms with Gasteiger partial charge >= 0.3 is 0 Å². The first-order valence-electron chi connectivity index (χ1n) is 8.42. The van der Waals surface area contributed by atoms with Crippen molar-refractivity contribution in [3.05, 3.63) is 52.3 Å². The molecule has 0 amide bonds. The lowest BCUT2D eigenvalue weighted by Crippen LogP contribution is -2.42. The highest BCUT2D eigenvalue weighted by molar-refractivity contribution is 5.79. The predicted molar refractivity (Wildman–Crippen MR) is 100 cm³/mol. The average molecular weight is 327 g/mol. The highest BCUT2D eigenvalue weighted by Crippen LogP contribution is 2.14. The molecule has 5 heteroatoms. The Bertz CT molecular complexity index is 715. The number of aromatic nitrogens is 2. The van der Waals surface area contributed by atoms with Gasteiger partial charge in [-0.05, 0) is 45.2 Å². The van der Waals surface area contributed by atoms with E-state index in [1.165, 1.54) is 22.4 Å². The Morgan fingerprint density at radius 3 is 2.62 bits per heavy atom. The van der Waals surface area contributed by atoms with Crippen molar-refractivity contribution in [2.75, 3.05) is 7.05 Å². The van der Waals surface area contributed by atoms with E-state index in [0.29, 0.717) is 0 Å². The summed E-state index contributed by atoms with van der Waals surface area (Å²) in [6.45, 7) is 9.23. The van der Waals surface area contributed by atoms with Gasteiger partial charge in [0.25, 0.3) is 0 Å². The quantitative estimate of drug-likeness (QED) is 0.656. The summed E-state index contributed by atoms with van der Waals surface area (Å²) in [7, 11) is 3.80. The lowest BCUT2D eigenvalue weighted by molar-refractivity contribution is 0.635. The van der Waals surface area contributed by atoms with Gasteiger partial charge in [-0.2, -0.15) is 5.10 Å². The fourth-order valence-corrected chi connectivity index (χ4v) is 2.91. The monoisotopic (exact) mass is 327 g/mol. The number of nitrogens with zero attached hydrogens (tertiary/aromatic N) is 3. The Morgan fingerprint density at radius 1 is 1.29 bits per heavy atom. The maximum absolute atomic E-state index is 4.49. The summed E-state index contributed by atoms with van der Waals surface area (Å²) in [5.41, 5.74) is 6.17. The number of benzene rings is 1. The van der Waals surface area contributed by atoms with Crippen molar-refractivity contribution in [1.29, 1.82) is 0 Å². The van der Waals surface area contributed by atoms with Crippen molar-refractivity contribution >= 4 is 5.96 Å². The summed E-state index contributed by atoms with van der Waals surface area (Å²) in [5, 5.41) is 11.3. The van der Waals surface area contributed by atoms with Gasteiger partial charge in [-0.3, -0.25) is 9.67 Å². The third kappa shape index (κ3) is 4.60. The van der Waals surface area contributed by atoms with E-state index in [0.717, 1.165) is 24.6 Å². The van der Waals surface area contributed by atoms with Crippen LogP contribution in [0.25, 0.3) is 0 Å². The number of guanidine groups is 1. The fraction of sp³-hybridized carbons (Fsp3) is 0.474. The topological polar surface area (TPSA) is 54.2 Å². The second kappa shape index (κ2) is 7.99. The van der Waals surface area contributed by atoms with Crippen LogP contribution in [0.3, 0.4) is 0 Å². The highest BCUT2D eigenvalue weighted by atomic mass is 15.3. The first kappa shape index (κ1) is 18.0. The van der Waals surface area contributed by atoms with Gasteiger partial charge in [0.2, 0.25) is 0 Å². The molecule has 0 saturated heterocycles. The molecule has 1 aromatic carbocycles. The molecule has 0 saturated carbocycles. The number of rotatable bonds is 5. The minimum atomic E-state index is 0.273. The molecule has 0 aliphatic heterocycles. The summed E-state index contributed by atoms with van der Waals surface area (Å²) < 4.78 is 1.95. The molecule has 2 N–H and O–H groups in total. The number of nitrogens with one attached hydrogen (secondary N) is 2. The molecule has 1 aromatic heterocycles. The maximum atomic E-state index is 4.49. The summed E-state index contributed by atoms with van der Waals surface area (Å²) in [4.78, 5) is 4.33. The van der Waals surface area contributed by atoms with Crippen LogP contribution in [0, 0.1) is 20.8 Å². The molecule has 0 aliphatic carbocycles. The zero-order valence-corrected chi connectivity index (χ0v) is 15.6. The Labute approximate surface area is 145 Å². The minimum absolute atomic E-state index is 0.273. The molecule has 1 atom stereocenters. The molecule has 130 valence electrons. The number of aliphatic imine (C=N–C) groups is 1. The normalized spacial score (nSPS) is 13.0. The first-order chi connectivity index (χ1) is 11.4. The average Bonchev–Trinajstić information content (AvgIpc) is 2.78. The number of hydrogen-bond acceptors (Lipinski definition) is 2. The molecule has 0 fully saturated rings. The lowest BCUT2D eigenvalue weighted by atomic mass is 10.1. The molecule has 2 aromatic rings. The van der Waals surface area contributed by atoms with Crippen molar-refractivity contribution in [3.63, 3.8) is 0 Å². The molecule has 24 heavy (non-hydrogen) atoms. The van der Waals surface area contributed by atoms with Gasteiger partial charge in [-0.1, -0.05) is 29.8 Å². The Kier molecular flexibility index (Phi) is 6.01. The summed E-state index contributed by atoms with van der Waals surface area (Å²) in [6, 6.07) is 8.77. The van der Waals surface area contributed by atoms with Crippen LogP contribution < -0.4 is 10.6 Å². The molecule has 0 radical (unpaired) electrons. The standard InChI is InChI=1S/C19H29N5/c1-13-8-7-9-17(10-13)12-21-19(20-5)22-14(2)11-18-15(3)23-24(6)16(18)4/h7-10,14H,11-12H2,1-6H3,(H2,20,21,22). The molecule has 2 rings (SSSR count). The largest absolute Gasteiger partial charge is 0.354 e. The van der Waals surface area contributed by atoms with Crippen LogP contribution in [0.2, 0.25) is 0 Å². The molecular formula is C19H29N5. The van der Waals surface area contributed by atoms with E-state index >= 15 is 0 Å². The maximum Gasteiger partial charge on any atom is 0.191 e. The van der Waals surface area contributed by atoms with Crippen LogP contribution in [-0.2, 0) is 20.0 Å². The first-order valence-corrected chi connectivity index (χ1v) is 8.42. The van der Waals surface area contributed by atoms with E-state index in [1.807, 2.05) is 11.7 Å². The van der Waals surface area contributed by atoms with Crippen molar-refractivity contribution in [1.82, 2.24) is 20.4 Å². The molecule has 0 spiro atoms. The molecular weight excluding hydrogens is 298 g/mol. The Hall–Kier alpha value is -2.30. The summed E-state index contributed by atoms with van der Waals surface area (Å²) >= 11 is 0. The third-order valence-electron chi connectivity index (χ3n) is 4.32. The number of hydrogen-bond donors (Lipinski definition) is 2. The van der Waals surface area contributed by atoms with Crippen molar-refractivity contribution in [2.24, 2.45) is 12.0 Å². The predicted octanol–water partition coefficient (Wildman–Crippen LogP) is 2.64. The van der Waals surface area contributed by atoms with Gasteiger partial charge in [0.05, 0.1) is 5.69 Å². The molecule has 5 nitrogen and oxygen atoms in total. The van der Waals surface area contributed by atoms with Crippen LogP contribution in [-0.4, -0.2) is 28.8 Å². The Balaban J connectivity index is 1.92. The van der Waals surface area contributed by atoms with Gasteiger partial charge in [-0.25, -0.2) is 0 Å². The fourth-order valence-electron chi connectivity index (χ4n) is 2.91. The van der Waals surface area contributed by atoms with Crippen LogP contribution in [0.5, 0.6) is 0 Å². The van der Waals surface area contributed by atoms with E-state index in [1.54, 1.807) is 7.05 Å². The lowest BCUT2D eigenvalue weighted by Gasteiger charge is -2.18. The molecule has 1 unspecified atom stereocenters. The van der Waals surface area contributed by atoms with E-state index in [-0.39, 0.29) is 6.04 Å². The van der Waals surface area contributed by atoms with E-state index in [9.17, 15) is 0 Å². The van der Waals surface area contributed by atoms with Gasteiger partial charge in [-0.15, -0.1) is 0 Å². The third-order valence-corrected chi connectivity index (χ3v) is 4.32. The second-order valence-electron chi connectivity index (χ2n) is 6.44. The van der Waals surface area contributed by atoms with E-state index in [4.69, 9.17) is 0 Å². The van der Waals surface area contributed by atoms with Gasteiger partial charge in [0, 0.05) is 32.4 Å². The van der Waals surface area contributed by atoms with Crippen LogP contribution >= 0.6 is 0 Å². The summed E-state index contributed by atoms with van der Waals surface area (Å²) in [6.07, 6.45) is 0.927. The van der Waals surface area contributed by atoms with Gasteiger partial charge in [0.15, 0.2) is 5.96 Å². The SMILES string of the molecule is CN=C(NCc1cccc(C)c1)NC(C)Cc1c(C)nn(C)c1C. The van der Waals surface area contributed by atoms with Gasteiger partial charge < -0.3 is 10.6 Å². The van der Waals surface area contributed by atoms with Crippen LogP contribution in [0.4, 0.5) is 0 Å². The Morgan fingerprint density at radius 2 is 2.04 bits per heavy atom. The number of aryl methyl sites for hydroxylation is 3. The molecule has 1 heterocycles. The van der Waals surface area contributed by atoms with E-state index < -0.39 is 0 Å². The van der Waals surface area contributed by atoms with Crippen LogP contribution in [0.15, 0.2) is 29.3 Å². The molecule has 0 bridgehead atoms. The van der Waals surface area contributed by atoms with Crippen molar-refractivity contribution in [3.8, 4) is 0 Å². The van der Waals surface area contributed by atoms with Crippen LogP contribution in [0.1, 0.15) is 35.0 Å². The van der Waals surface area contributed by atoms with Gasteiger partial charge in [0.1, 0.15) is 0 Å². The highest BCUT2D eigenvalue weighted by Gasteiger charge is 2.13. The zero-order valence-electron chi connectivity index (χ0n) is 15.6. The summed E-state index contributed by atoms with van der Waals surface area (Å²) in [5.74, 6) is 0.822. The smallest absolute Gasteiger partial charge is 0.191 e. The second-order valence-corrected chi connectivity index (χ2v) is 6.44. The van der Waals surface area contributed by atoms with E-state index in [2.05, 4.69) is 72.7 Å². The minimum Gasteiger partial charge on any atom is -0.354 e.